The van der Waals surface area contributed by atoms with Crippen molar-refractivity contribution in [1.82, 2.24) is 14.8 Å². The van der Waals surface area contributed by atoms with Crippen LogP contribution in [-0.4, -0.2) is 27.8 Å². The van der Waals surface area contributed by atoms with Crippen molar-refractivity contribution >= 4 is 5.97 Å². The monoisotopic (exact) mass is 296 g/mol. The maximum absolute atomic E-state index is 12.7. The molecule has 0 amide bonds. The van der Waals surface area contributed by atoms with Gasteiger partial charge in [-0.2, -0.15) is 18.4 Å². The van der Waals surface area contributed by atoms with E-state index in [0.717, 1.165) is 36.3 Å². The van der Waals surface area contributed by atoms with Gasteiger partial charge in [-0.15, -0.1) is 5.10 Å². The van der Waals surface area contributed by atoms with Crippen molar-refractivity contribution in [2.24, 2.45) is 0 Å². The zero-order valence-corrected chi connectivity index (χ0v) is 10.5. The number of carbonyl (C=O) groups is 1. The SMILES string of the molecule is COC(=O)c1ncn(-c2ccc(C(F)(F)F)c(C#N)c2)n1. The Morgan fingerprint density at radius 2 is 2.14 bits per heavy atom. The van der Waals surface area contributed by atoms with Crippen molar-refractivity contribution in [2.45, 2.75) is 6.18 Å². The quantitative estimate of drug-likeness (QED) is 0.791. The highest BCUT2D eigenvalue weighted by molar-refractivity contribution is 5.84. The lowest BCUT2D eigenvalue weighted by Crippen LogP contribution is -2.09. The van der Waals surface area contributed by atoms with E-state index in [0.29, 0.717) is 0 Å². The van der Waals surface area contributed by atoms with Crippen LogP contribution in [0.2, 0.25) is 0 Å². The number of rotatable bonds is 2. The number of esters is 1. The molecule has 9 heteroatoms. The first-order valence-electron chi connectivity index (χ1n) is 5.48. The van der Waals surface area contributed by atoms with Crippen LogP contribution >= 0.6 is 0 Å². The second-order valence-electron chi connectivity index (χ2n) is 3.84. The number of ether oxygens (including phenoxy) is 1. The van der Waals surface area contributed by atoms with Gasteiger partial charge in [0.2, 0.25) is 0 Å². The molecule has 0 spiro atoms. The summed E-state index contributed by atoms with van der Waals surface area (Å²) in [6, 6.07) is 4.39. The van der Waals surface area contributed by atoms with Gasteiger partial charge in [-0.05, 0) is 18.2 Å². The minimum Gasteiger partial charge on any atom is -0.463 e. The molecular weight excluding hydrogens is 289 g/mol. The van der Waals surface area contributed by atoms with Crippen LogP contribution in [0, 0.1) is 11.3 Å². The van der Waals surface area contributed by atoms with E-state index in [1.54, 1.807) is 0 Å². The molecule has 0 atom stereocenters. The Hall–Kier alpha value is -2.89. The number of alkyl halides is 3. The highest BCUT2D eigenvalue weighted by Crippen LogP contribution is 2.32. The van der Waals surface area contributed by atoms with E-state index in [9.17, 15) is 18.0 Å². The lowest BCUT2D eigenvalue weighted by Gasteiger charge is -2.09. The third-order valence-electron chi connectivity index (χ3n) is 2.55. The lowest BCUT2D eigenvalue weighted by molar-refractivity contribution is -0.137. The van der Waals surface area contributed by atoms with Crippen LogP contribution in [0.5, 0.6) is 0 Å². The molecule has 0 aliphatic carbocycles. The van der Waals surface area contributed by atoms with E-state index in [2.05, 4.69) is 14.8 Å². The van der Waals surface area contributed by atoms with Gasteiger partial charge < -0.3 is 4.74 Å². The summed E-state index contributed by atoms with van der Waals surface area (Å²) in [6.07, 6.45) is -3.49. The Kier molecular flexibility index (Phi) is 3.62. The number of nitriles is 1. The lowest BCUT2D eigenvalue weighted by atomic mass is 10.1. The van der Waals surface area contributed by atoms with E-state index in [-0.39, 0.29) is 11.5 Å². The molecule has 1 aromatic heterocycles. The van der Waals surface area contributed by atoms with E-state index < -0.39 is 23.3 Å². The third kappa shape index (κ3) is 2.84. The second-order valence-corrected chi connectivity index (χ2v) is 3.84. The number of hydrogen-bond donors (Lipinski definition) is 0. The topological polar surface area (TPSA) is 80.8 Å². The van der Waals surface area contributed by atoms with Crippen LogP contribution in [0.1, 0.15) is 21.7 Å². The molecule has 0 unspecified atom stereocenters. The first kappa shape index (κ1) is 14.5. The van der Waals surface area contributed by atoms with Crippen LogP contribution in [-0.2, 0) is 10.9 Å². The minimum atomic E-state index is -4.62. The Morgan fingerprint density at radius 3 is 2.71 bits per heavy atom. The Morgan fingerprint density at radius 1 is 1.43 bits per heavy atom. The van der Waals surface area contributed by atoms with Crippen LogP contribution in [0.4, 0.5) is 13.2 Å². The van der Waals surface area contributed by atoms with Crippen molar-refractivity contribution in [1.29, 1.82) is 5.26 Å². The highest BCUT2D eigenvalue weighted by Gasteiger charge is 2.33. The summed E-state index contributed by atoms with van der Waals surface area (Å²) in [6.45, 7) is 0. The average molecular weight is 296 g/mol. The normalized spacial score (nSPS) is 11.0. The molecule has 0 bridgehead atoms. The molecule has 0 aliphatic rings. The second kappa shape index (κ2) is 5.24. The Balaban J connectivity index is 2.45. The maximum Gasteiger partial charge on any atom is 0.417 e. The predicted molar refractivity (Wildman–Crippen MR) is 62.4 cm³/mol. The molecule has 1 heterocycles. The molecule has 0 fully saturated rings. The summed E-state index contributed by atoms with van der Waals surface area (Å²) >= 11 is 0. The van der Waals surface area contributed by atoms with Crippen molar-refractivity contribution in [3.05, 3.63) is 41.5 Å². The number of hydrogen-bond acceptors (Lipinski definition) is 5. The van der Waals surface area contributed by atoms with Crippen LogP contribution in [0.25, 0.3) is 5.69 Å². The number of benzene rings is 1. The largest absolute Gasteiger partial charge is 0.463 e. The Labute approximate surface area is 116 Å². The Bertz CT molecular complexity index is 731. The smallest absolute Gasteiger partial charge is 0.417 e. The number of carbonyl (C=O) groups excluding carboxylic acids is 1. The average Bonchev–Trinajstić information content (AvgIpc) is 2.94. The van der Waals surface area contributed by atoms with Crippen LogP contribution < -0.4 is 0 Å². The maximum atomic E-state index is 12.7. The van der Waals surface area contributed by atoms with Gasteiger partial charge in [0.1, 0.15) is 6.33 Å². The molecule has 1 aromatic carbocycles. The molecule has 2 rings (SSSR count). The molecule has 0 radical (unpaired) electrons. The first-order valence-corrected chi connectivity index (χ1v) is 5.48. The fourth-order valence-corrected chi connectivity index (χ4v) is 1.59. The molecule has 108 valence electrons. The first-order chi connectivity index (χ1) is 9.86. The number of halogens is 3. The van der Waals surface area contributed by atoms with E-state index in [1.165, 1.54) is 6.07 Å². The van der Waals surface area contributed by atoms with Gasteiger partial charge in [0.25, 0.3) is 5.82 Å². The van der Waals surface area contributed by atoms with E-state index >= 15 is 0 Å². The molecule has 0 saturated carbocycles. The van der Waals surface area contributed by atoms with Gasteiger partial charge in [-0.25, -0.2) is 14.5 Å². The highest BCUT2D eigenvalue weighted by atomic mass is 19.4. The number of nitrogens with zero attached hydrogens (tertiary/aromatic N) is 4. The van der Waals surface area contributed by atoms with Crippen molar-refractivity contribution in [2.75, 3.05) is 7.11 Å². The molecular formula is C12H7F3N4O2. The summed E-state index contributed by atoms with van der Waals surface area (Å²) in [7, 11) is 1.15. The van der Waals surface area contributed by atoms with E-state index in [4.69, 9.17) is 5.26 Å². The van der Waals surface area contributed by atoms with Crippen molar-refractivity contribution < 1.29 is 22.7 Å². The van der Waals surface area contributed by atoms with Gasteiger partial charge in [-0.1, -0.05) is 0 Å². The van der Waals surface area contributed by atoms with E-state index in [1.807, 2.05) is 0 Å². The van der Waals surface area contributed by atoms with Gasteiger partial charge in [0.15, 0.2) is 0 Å². The molecule has 2 aromatic rings. The summed E-state index contributed by atoms with van der Waals surface area (Å²) in [5, 5.41) is 12.6. The van der Waals surface area contributed by atoms with Crippen molar-refractivity contribution in [3.8, 4) is 11.8 Å². The van der Waals surface area contributed by atoms with Gasteiger partial charge in [0, 0.05) is 0 Å². The summed E-state index contributed by atoms with van der Waals surface area (Å²) in [5.74, 6) is -1.02. The number of methoxy groups -OCH3 is 1. The third-order valence-corrected chi connectivity index (χ3v) is 2.55. The van der Waals surface area contributed by atoms with Gasteiger partial charge >= 0.3 is 12.1 Å². The molecule has 0 N–H and O–H groups in total. The summed E-state index contributed by atoms with van der Waals surface area (Å²) < 4.78 is 43.5. The predicted octanol–water partition coefficient (Wildman–Crippen LogP) is 1.94. The molecule has 0 aliphatic heterocycles. The minimum absolute atomic E-state index is 0.169. The zero-order chi connectivity index (χ0) is 15.6. The molecule has 0 saturated heterocycles. The standard InChI is InChI=1S/C12H7F3N4O2/c1-21-11(20)10-17-6-19(18-10)8-2-3-9(12(13,14)15)7(4-8)5-16/h2-4,6H,1H3. The fraction of sp³-hybridized carbons (Fsp3) is 0.167. The van der Waals surface area contributed by atoms with Crippen molar-refractivity contribution in [3.63, 3.8) is 0 Å². The van der Waals surface area contributed by atoms with Gasteiger partial charge in [-0.3, -0.25) is 0 Å². The molecule has 6 nitrogen and oxygen atoms in total. The van der Waals surface area contributed by atoms with Crippen LogP contribution in [0.3, 0.4) is 0 Å². The summed E-state index contributed by atoms with van der Waals surface area (Å²) in [5.41, 5.74) is -1.42. The van der Waals surface area contributed by atoms with Crippen LogP contribution in [0.15, 0.2) is 24.5 Å². The zero-order valence-electron chi connectivity index (χ0n) is 10.5. The summed E-state index contributed by atoms with van der Waals surface area (Å²) in [4.78, 5) is 14.9. The number of aromatic nitrogens is 3. The fourth-order valence-electron chi connectivity index (χ4n) is 1.59. The molecule has 21 heavy (non-hydrogen) atoms. The van der Waals surface area contributed by atoms with Gasteiger partial charge in [0.05, 0.1) is 30.0 Å².